The average Bonchev–Trinajstić information content (AvgIpc) is 2.69. The van der Waals surface area contributed by atoms with E-state index in [0.717, 1.165) is 5.56 Å². The van der Waals surface area contributed by atoms with E-state index in [1.165, 1.54) is 17.0 Å². The summed E-state index contributed by atoms with van der Waals surface area (Å²) in [4.78, 5) is 39.1. The average molecular weight is 410 g/mol. The smallest absolute Gasteiger partial charge is 0.293 e. The predicted molar refractivity (Wildman–Crippen MR) is 113 cm³/mol. The molecule has 29 heavy (non-hydrogen) atoms. The molecule has 1 aliphatic heterocycles. The fourth-order valence-corrected chi connectivity index (χ4v) is 3.17. The van der Waals surface area contributed by atoms with Crippen molar-refractivity contribution in [1.82, 2.24) is 10.2 Å². The summed E-state index contributed by atoms with van der Waals surface area (Å²) in [6.45, 7) is 0.204. The lowest BCUT2D eigenvalue weighted by atomic mass is 10.1. The second kappa shape index (κ2) is 8.19. The monoisotopic (exact) mass is 410 g/mol. The first-order valence-electron chi connectivity index (χ1n) is 8.66. The quantitative estimate of drug-likeness (QED) is 0.268. The molecule has 1 N–H and O–H groups in total. The van der Waals surface area contributed by atoms with Crippen LogP contribution in [0.25, 0.3) is 6.08 Å². The van der Waals surface area contributed by atoms with Crippen LogP contribution in [0.4, 0.5) is 11.4 Å². The molecule has 1 aliphatic rings. The topological polar surface area (TPSA) is 95.8 Å². The maximum absolute atomic E-state index is 12.9. The van der Waals surface area contributed by atoms with Gasteiger partial charge in [-0.2, -0.15) is 0 Å². The summed E-state index contributed by atoms with van der Waals surface area (Å²) >= 11 is 5.15. The Morgan fingerprint density at radius 2 is 1.86 bits per heavy atom. The molecule has 1 heterocycles. The summed E-state index contributed by atoms with van der Waals surface area (Å²) in [5, 5.41) is 13.9. The lowest BCUT2D eigenvalue weighted by Crippen LogP contribution is -2.53. The van der Waals surface area contributed by atoms with Crippen molar-refractivity contribution < 1.29 is 14.5 Å². The van der Waals surface area contributed by atoms with Gasteiger partial charge in [0.2, 0.25) is 0 Å². The van der Waals surface area contributed by atoms with E-state index < -0.39 is 16.7 Å². The normalized spacial score (nSPS) is 15.4. The van der Waals surface area contributed by atoms with E-state index in [9.17, 15) is 19.7 Å². The van der Waals surface area contributed by atoms with Crippen LogP contribution >= 0.6 is 12.2 Å². The van der Waals surface area contributed by atoms with Crippen LogP contribution in [0.1, 0.15) is 11.1 Å². The van der Waals surface area contributed by atoms with Gasteiger partial charge in [-0.25, -0.2) is 0 Å². The minimum atomic E-state index is -0.636. The van der Waals surface area contributed by atoms with Gasteiger partial charge < -0.3 is 4.90 Å². The van der Waals surface area contributed by atoms with Crippen molar-refractivity contribution in [3.05, 3.63) is 75.3 Å². The molecule has 2 amide bonds. The van der Waals surface area contributed by atoms with Crippen molar-refractivity contribution >= 4 is 46.6 Å². The second-order valence-corrected chi connectivity index (χ2v) is 6.98. The largest absolute Gasteiger partial charge is 0.372 e. The minimum Gasteiger partial charge on any atom is -0.372 e. The number of carbonyl (C=O) groups is 2. The Morgan fingerprint density at radius 3 is 2.48 bits per heavy atom. The minimum absolute atomic E-state index is 0.0231. The van der Waals surface area contributed by atoms with Crippen molar-refractivity contribution in [2.45, 2.75) is 6.54 Å². The Morgan fingerprint density at radius 1 is 1.17 bits per heavy atom. The zero-order valence-electron chi connectivity index (χ0n) is 15.8. The standard InChI is InChI=1S/C20H18N4O4S/c1-22(2)16-9-8-14(11-17(16)24(27)28)10-15-18(25)21-20(29)23(19(15)26)12-13-6-4-3-5-7-13/h3-11H,12H2,1-2H3,(H,21,25,29)/b15-10+. The molecule has 1 fully saturated rings. The van der Waals surface area contributed by atoms with Crippen molar-refractivity contribution in [2.75, 3.05) is 19.0 Å². The van der Waals surface area contributed by atoms with Gasteiger partial charge >= 0.3 is 0 Å². The molecule has 148 valence electrons. The van der Waals surface area contributed by atoms with Gasteiger partial charge in [0.1, 0.15) is 11.3 Å². The Kier molecular flexibility index (Phi) is 5.69. The first-order chi connectivity index (χ1) is 13.8. The maximum Gasteiger partial charge on any atom is 0.293 e. The Bertz CT molecular complexity index is 1030. The molecule has 0 spiro atoms. The fraction of sp³-hybridized carbons (Fsp3) is 0.150. The number of nitro benzene ring substituents is 1. The lowest BCUT2D eigenvalue weighted by Gasteiger charge is -2.29. The van der Waals surface area contributed by atoms with E-state index in [0.29, 0.717) is 11.3 Å². The molecule has 0 bridgehead atoms. The lowest BCUT2D eigenvalue weighted by molar-refractivity contribution is -0.384. The second-order valence-electron chi connectivity index (χ2n) is 6.59. The molecule has 0 saturated carbocycles. The summed E-state index contributed by atoms with van der Waals surface area (Å²) in [6, 6.07) is 13.8. The zero-order chi connectivity index (χ0) is 21.1. The van der Waals surface area contributed by atoms with Gasteiger partial charge in [-0.1, -0.05) is 36.4 Å². The fourth-order valence-electron chi connectivity index (χ4n) is 2.92. The van der Waals surface area contributed by atoms with Crippen molar-refractivity contribution in [3.63, 3.8) is 0 Å². The summed E-state index contributed by atoms with van der Waals surface area (Å²) in [7, 11) is 3.39. The Balaban J connectivity index is 1.96. The molecular weight excluding hydrogens is 392 g/mol. The van der Waals surface area contributed by atoms with E-state index in [-0.39, 0.29) is 22.9 Å². The van der Waals surface area contributed by atoms with E-state index >= 15 is 0 Å². The number of thiocarbonyl (C=S) groups is 1. The number of hydrogen-bond donors (Lipinski definition) is 1. The molecular formula is C20H18N4O4S. The number of nitrogens with zero attached hydrogens (tertiary/aromatic N) is 3. The molecule has 0 aliphatic carbocycles. The third-order valence-electron chi connectivity index (χ3n) is 4.36. The molecule has 1 saturated heterocycles. The number of nitrogens with one attached hydrogen (secondary N) is 1. The van der Waals surface area contributed by atoms with Crippen LogP contribution in [-0.4, -0.2) is 40.8 Å². The summed E-state index contributed by atoms with van der Waals surface area (Å²) in [5.41, 5.74) is 1.38. The Labute approximate surface area is 172 Å². The molecule has 9 heteroatoms. The summed E-state index contributed by atoms with van der Waals surface area (Å²) < 4.78 is 0. The number of rotatable bonds is 5. The van der Waals surface area contributed by atoms with Gasteiger partial charge in [-0.05, 0) is 35.5 Å². The van der Waals surface area contributed by atoms with Crippen LogP contribution in [0.5, 0.6) is 0 Å². The number of nitro groups is 1. The maximum atomic E-state index is 12.9. The zero-order valence-corrected chi connectivity index (χ0v) is 16.6. The number of benzene rings is 2. The summed E-state index contributed by atoms with van der Waals surface area (Å²) in [5.74, 6) is -1.19. The number of amides is 2. The van der Waals surface area contributed by atoms with E-state index in [1.54, 1.807) is 31.1 Å². The molecule has 0 atom stereocenters. The van der Waals surface area contributed by atoms with E-state index in [1.807, 2.05) is 30.3 Å². The molecule has 0 aromatic heterocycles. The van der Waals surface area contributed by atoms with Crippen LogP contribution in [-0.2, 0) is 16.1 Å². The number of anilines is 1. The van der Waals surface area contributed by atoms with Crippen molar-refractivity contribution in [1.29, 1.82) is 0 Å². The van der Waals surface area contributed by atoms with Gasteiger partial charge in [0.15, 0.2) is 5.11 Å². The van der Waals surface area contributed by atoms with Crippen LogP contribution in [0, 0.1) is 10.1 Å². The highest BCUT2D eigenvalue weighted by Gasteiger charge is 2.33. The van der Waals surface area contributed by atoms with Crippen LogP contribution in [0.3, 0.4) is 0 Å². The van der Waals surface area contributed by atoms with Gasteiger partial charge in [0.25, 0.3) is 17.5 Å². The first-order valence-corrected chi connectivity index (χ1v) is 9.07. The van der Waals surface area contributed by atoms with Gasteiger partial charge in [-0.3, -0.25) is 29.9 Å². The van der Waals surface area contributed by atoms with Crippen LogP contribution in [0.15, 0.2) is 54.1 Å². The van der Waals surface area contributed by atoms with E-state index in [4.69, 9.17) is 12.2 Å². The molecule has 0 unspecified atom stereocenters. The number of carbonyl (C=O) groups excluding carboxylic acids is 2. The molecule has 2 aromatic rings. The van der Waals surface area contributed by atoms with Gasteiger partial charge in [-0.15, -0.1) is 0 Å². The summed E-state index contributed by atoms with van der Waals surface area (Å²) in [6.07, 6.45) is 1.34. The van der Waals surface area contributed by atoms with Gasteiger partial charge in [0, 0.05) is 20.2 Å². The van der Waals surface area contributed by atoms with Crippen LogP contribution < -0.4 is 10.2 Å². The highest BCUT2D eigenvalue weighted by Crippen LogP contribution is 2.29. The predicted octanol–water partition coefficient (Wildman–Crippen LogP) is 2.49. The molecule has 3 rings (SSSR count). The third kappa shape index (κ3) is 4.30. The third-order valence-corrected chi connectivity index (χ3v) is 4.68. The highest BCUT2D eigenvalue weighted by molar-refractivity contribution is 7.80. The van der Waals surface area contributed by atoms with Crippen molar-refractivity contribution in [2.24, 2.45) is 0 Å². The molecule has 2 aromatic carbocycles. The van der Waals surface area contributed by atoms with Crippen LogP contribution in [0.2, 0.25) is 0 Å². The highest BCUT2D eigenvalue weighted by atomic mass is 32.1. The van der Waals surface area contributed by atoms with E-state index in [2.05, 4.69) is 5.32 Å². The molecule has 8 nitrogen and oxygen atoms in total. The van der Waals surface area contributed by atoms with Gasteiger partial charge in [0.05, 0.1) is 11.5 Å². The molecule has 0 radical (unpaired) electrons. The number of hydrogen-bond acceptors (Lipinski definition) is 6. The Hall–Kier alpha value is -3.59. The SMILES string of the molecule is CN(C)c1ccc(/C=C2\C(=O)NC(=S)N(Cc3ccccc3)C2=O)cc1[N+](=O)[O-]. The first kappa shape index (κ1) is 20.2. The van der Waals surface area contributed by atoms with Crippen molar-refractivity contribution in [3.8, 4) is 0 Å².